The molecule has 1 saturated heterocycles. The Morgan fingerprint density at radius 3 is 3.00 bits per heavy atom. The summed E-state index contributed by atoms with van der Waals surface area (Å²) in [6.07, 6.45) is 0. The average Bonchev–Trinajstić information content (AvgIpc) is 2.86. The van der Waals surface area contributed by atoms with Crippen LogP contribution in [-0.4, -0.2) is 43.7 Å². The number of urea groups is 1. The number of hydrogen-bond donors (Lipinski definition) is 2. The van der Waals surface area contributed by atoms with Crippen molar-refractivity contribution in [2.75, 3.05) is 32.8 Å². The molecule has 2 amide bonds. The zero-order valence-corrected chi connectivity index (χ0v) is 13.2. The molecular formula is C15H22ClN3O2. The third-order valence-corrected chi connectivity index (χ3v) is 3.75. The fourth-order valence-electron chi connectivity index (χ4n) is 2.40. The minimum Gasteiger partial charge on any atom is -0.491 e. The molecule has 2 rings (SSSR count). The normalized spacial score (nSPS) is 16.0. The fourth-order valence-corrected chi connectivity index (χ4v) is 2.58. The highest BCUT2D eigenvalue weighted by Crippen LogP contribution is 2.28. The number of hydrogen-bond acceptors (Lipinski definition) is 3. The number of rotatable bonds is 7. The second kappa shape index (κ2) is 7.52. The van der Waals surface area contributed by atoms with Gasteiger partial charge in [0.2, 0.25) is 0 Å². The number of ether oxygens (including phenoxy) is 1. The van der Waals surface area contributed by atoms with Crippen LogP contribution in [-0.2, 0) is 0 Å². The number of nitrogens with zero attached hydrogens (tertiary/aromatic N) is 1. The molecule has 1 aliphatic heterocycles. The molecule has 1 aromatic rings. The lowest BCUT2D eigenvalue weighted by molar-refractivity contribution is 0.202. The van der Waals surface area contributed by atoms with Gasteiger partial charge in [-0.3, -0.25) is 0 Å². The Morgan fingerprint density at radius 1 is 1.52 bits per heavy atom. The quantitative estimate of drug-likeness (QED) is 0.813. The molecule has 1 unspecified atom stereocenters. The van der Waals surface area contributed by atoms with Crippen LogP contribution in [0, 0.1) is 0 Å². The summed E-state index contributed by atoms with van der Waals surface area (Å²) < 4.78 is 5.85. The van der Waals surface area contributed by atoms with Gasteiger partial charge in [-0.25, -0.2) is 4.79 Å². The van der Waals surface area contributed by atoms with Gasteiger partial charge in [-0.1, -0.05) is 18.5 Å². The van der Waals surface area contributed by atoms with Crippen LogP contribution in [0.4, 0.5) is 4.79 Å². The molecule has 21 heavy (non-hydrogen) atoms. The predicted molar refractivity (Wildman–Crippen MR) is 84.0 cm³/mol. The Kier molecular flexibility index (Phi) is 5.70. The Bertz CT molecular complexity index is 496. The van der Waals surface area contributed by atoms with Gasteiger partial charge in [-0.15, -0.1) is 0 Å². The standard InChI is InChI=1S/C15H22ClN3O2/c1-3-17-11(2)13-10-12(16)4-5-14(13)21-9-8-19-7-6-18-15(19)20/h4-5,10-11,17H,3,6-9H2,1-2H3,(H,18,20). The van der Waals surface area contributed by atoms with Gasteiger partial charge in [0, 0.05) is 29.7 Å². The molecule has 116 valence electrons. The summed E-state index contributed by atoms with van der Waals surface area (Å²) in [5.74, 6) is 0.812. The van der Waals surface area contributed by atoms with Crippen molar-refractivity contribution in [3.05, 3.63) is 28.8 Å². The van der Waals surface area contributed by atoms with E-state index in [0.717, 1.165) is 24.4 Å². The van der Waals surface area contributed by atoms with Gasteiger partial charge in [0.15, 0.2) is 0 Å². The van der Waals surface area contributed by atoms with Gasteiger partial charge in [-0.05, 0) is 31.7 Å². The summed E-state index contributed by atoms with van der Waals surface area (Å²) in [6, 6.07) is 5.78. The first kappa shape index (κ1) is 15.9. The highest BCUT2D eigenvalue weighted by atomic mass is 35.5. The predicted octanol–water partition coefficient (Wildman–Crippen LogP) is 2.41. The number of benzene rings is 1. The first-order valence-corrected chi connectivity index (χ1v) is 7.68. The van der Waals surface area contributed by atoms with Gasteiger partial charge in [0.05, 0.1) is 6.54 Å². The summed E-state index contributed by atoms with van der Waals surface area (Å²) in [6.45, 7) is 7.53. The van der Waals surface area contributed by atoms with E-state index < -0.39 is 0 Å². The third kappa shape index (κ3) is 4.25. The molecule has 1 fully saturated rings. The van der Waals surface area contributed by atoms with E-state index in [9.17, 15) is 4.79 Å². The van der Waals surface area contributed by atoms with Crippen molar-refractivity contribution in [3.8, 4) is 5.75 Å². The van der Waals surface area contributed by atoms with Gasteiger partial charge in [0.1, 0.15) is 12.4 Å². The Labute approximate surface area is 130 Å². The van der Waals surface area contributed by atoms with Crippen molar-refractivity contribution in [1.29, 1.82) is 0 Å². The molecule has 0 aromatic heterocycles. The number of carbonyl (C=O) groups excluding carboxylic acids is 1. The molecule has 6 heteroatoms. The van der Waals surface area contributed by atoms with Crippen molar-refractivity contribution in [3.63, 3.8) is 0 Å². The lowest BCUT2D eigenvalue weighted by Gasteiger charge is -2.19. The van der Waals surface area contributed by atoms with Gasteiger partial charge >= 0.3 is 6.03 Å². The van der Waals surface area contributed by atoms with Crippen molar-refractivity contribution >= 4 is 17.6 Å². The van der Waals surface area contributed by atoms with Crippen molar-refractivity contribution in [1.82, 2.24) is 15.5 Å². The van der Waals surface area contributed by atoms with Crippen LogP contribution >= 0.6 is 11.6 Å². The maximum Gasteiger partial charge on any atom is 0.317 e. The molecule has 0 aliphatic carbocycles. The second-order valence-corrected chi connectivity index (χ2v) is 5.47. The van der Waals surface area contributed by atoms with E-state index in [-0.39, 0.29) is 12.1 Å². The van der Waals surface area contributed by atoms with E-state index in [1.165, 1.54) is 0 Å². The molecule has 0 spiro atoms. The highest BCUT2D eigenvalue weighted by Gasteiger charge is 2.19. The number of amides is 2. The van der Waals surface area contributed by atoms with Crippen LogP contribution in [0.2, 0.25) is 5.02 Å². The average molecular weight is 312 g/mol. The first-order valence-electron chi connectivity index (χ1n) is 7.30. The molecule has 0 saturated carbocycles. The molecule has 1 heterocycles. The first-order chi connectivity index (χ1) is 10.1. The molecule has 1 aliphatic rings. The SMILES string of the molecule is CCNC(C)c1cc(Cl)ccc1OCCN1CCNC1=O. The van der Waals surface area contributed by atoms with E-state index in [0.29, 0.717) is 24.7 Å². The summed E-state index contributed by atoms with van der Waals surface area (Å²) in [5, 5.41) is 6.83. The minimum atomic E-state index is -0.0176. The van der Waals surface area contributed by atoms with E-state index in [1.807, 2.05) is 18.2 Å². The zero-order chi connectivity index (χ0) is 15.2. The monoisotopic (exact) mass is 311 g/mol. The maximum absolute atomic E-state index is 11.5. The van der Waals surface area contributed by atoms with Crippen LogP contribution < -0.4 is 15.4 Å². The molecule has 1 aromatic carbocycles. The fraction of sp³-hybridized carbons (Fsp3) is 0.533. The molecule has 0 radical (unpaired) electrons. The van der Waals surface area contributed by atoms with Crippen molar-refractivity contribution in [2.24, 2.45) is 0 Å². The van der Waals surface area contributed by atoms with Crippen LogP contribution in [0.1, 0.15) is 25.5 Å². The van der Waals surface area contributed by atoms with E-state index in [2.05, 4.69) is 24.5 Å². The van der Waals surface area contributed by atoms with Crippen LogP contribution in [0.5, 0.6) is 5.75 Å². The number of nitrogens with one attached hydrogen (secondary N) is 2. The Morgan fingerprint density at radius 2 is 2.33 bits per heavy atom. The summed E-state index contributed by atoms with van der Waals surface area (Å²) in [4.78, 5) is 13.2. The molecule has 1 atom stereocenters. The Hall–Kier alpha value is -1.46. The summed E-state index contributed by atoms with van der Waals surface area (Å²) in [7, 11) is 0. The lowest BCUT2D eigenvalue weighted by atomic mass is 10.1. The van der Waals surface area contributed by atoms with Crippen molar-refractivity contribution < 1.29 is 9.53 Å². The molecular weight excluding hydrogens is 290 g/mol. The zero-order valence-electron chi connectivity index (χ0n) is 12.5. The molecule has 0 bridgehead atoms. The molecule has 2 N–H and O–H groups in total. The van der Waals surface area contributed by atoms with Crippen molar-refractivity contribution in [2.45, 2.75) is 19.9 Å². The summed E-state index contributed by atoms with van der Waals surface area (Å²) >= 11 is 6.07. The number of halogens is 1. The smallest absolute Gasteiger partial charge is 0.317 e. The lowest BCUT2D eigenvalue weighted by Crippen LogP contribution is -2.32. The second-order valence-electron chi connectivity index (χ2n) is 5.03. The third-order valence-electron chi connectivity index (χ3n) is 3.51. The van der Waals surface area contributed by atoms with Gasteiger partial charge < -0.3 is 20.3 Å². The van der Waals surface area contributed by atoms with Gasteiger partial charge in [-0.2, -0.15) is 0 Å². The topological polar surface area (TPSA) is 53.6 Å². The van der Waals surface area contributed by atoms with Gasteiger partial charge in [0.25, 0.3) is 0 Å². The van der Waals surface area contributed by atoms with Crippen LogP contribution in [0.3, 0.4) is 0 Å². The summed E-state index contributed by atoms with van der Waals surface area (Å²) in [5.41, 5.74) is 1.04. The van der Waals surface area contributed by atoms with E-state index in [1.54, 1.807) is 4.90 Å². The van der Waals surface area contributed by atoms with Crippen LogP contribution in [0.25, 0.3) is 0 Å². The highest BCUT2D eigenvalue weighted by molar-refractivity contribution is 6.30. The Balaban J connectivity index is 1.96. The van der Waals surface area contributed by atoms with Crippen LogP contribution in [0.15, 0.2) is 18.2 Å². The largest absolute Gasteiger partial charge is 0.491 e. The number of carbonyl (C=O) groups is 1. The maximum atomic E-state index is 11.5. The van der Waals surface area contributed by atoms with E-state index in [4.69, 9.17) is 16.3 Å². The molecule has 5 nitrogen and oxygen atoms in total. The van der Waals surface area contributed by atoms with E-state index >= 15 is 0 Å². The minimum absolute atomic E-state index is 0.0176.